The number of cyclic esters (lactones) is 1. The van der Waals surface area contributed by atoms with Crippen LogP contribution >= 0.6 is 0 Å². The lowest BCUT2D eigenvalue weighted by molar-refractivity contribution is -0.129. The van der Waals surface area contributed by atoms with E-state index in [1.54, 1.807) is 48.5 Å². The van der Waals surface area contributed by atoms with Crippen LogP contribution < -0.4 is 4.74 Å². The van der Waals surface area contributed by atoms with Crippen molar-refractivity contribution in [1.29, 1.82) is 0 Å². The lowest BCUT2D eigenvalue weighted by Gasteiger charge is -2.07. The molecule has 0 spiro atoms. The molecule has 0 aromatic heterocycles. The normalized spacial score (nSPS) is 14.6. The molecular weight excluding hydrogens is 376 g/mol. The van der Waals surface area contributed by atoms with Crippen LogP contribution in [-0.4, -0.2) is 11.9 Å². The molecule has 1 aliphatic heterocycles. The lowest BCUT2D eigenvalue weighted by atomic mass is 10.2. The molecule has 1 aliphatic rings. The van der Waals surface area contributed by atoms with Crippen molar-refractivity contribution >= 4 is 17.9 Å². The van der Waals surface area contributed by atoms with Crippen molar-refractivity contribution in [2.75, 3.05) is 0 Å². The molecule has 0 atom stereocenters. The largest absolute Gasteiger partial charge is 0.489 e. The fraction of sp³-hybridized carbons (Fsp3) is 0.0435. The number of hydrogen-bond donors (Lipinski definition) is 0. The number of ether oxygens (including phenoxy) is 2. The van der Waals surface area contributed by atoms with Gasteiger partial charge in [0.15, 0.2) is 5.70 Å². The maximum Gasteiger partial charge on any atom is 0.363 e. The van der Waals surface area contributed by atoms with Crippen molar-refractivity contribution in [1.82, 2.24) is 0 Å². The highest BCUT2D eigenvalue weighted by molar-refractivity contribution is 6.12. The highest BCUT2D eigenvalue weighted by Crippen LogP contribution is 2.22. The van der Waals surface area contributed by atoms with Crippen molar-refractivity contribution in [3.05, 3.63) is 107 Å². The summed E-state index contributed by atoms with van der Waals surface area (Å²) in [6.07, 6.45) is 1.57. The summed E-state index contributed by atoms with van der Waals surface area (Å²) >= 11 is 0. The molecule has 0 unspecified atom stereocenters. The first-order valence-corrected chi connectivity index (χ1v) is 8.83. The molecule has 1 heterocycles. The van der Waals surface area contributed by atoms with Gasteiger partial charge in [-0.05, 0) is 59.7 Å². The zero-order valence-electron chi connectivity index (χ0n) is 15.1. The first-order valence-electron chi connectivity index (χ1n) is 8.83. The smallest absolute Gasteiger partial charge is 0.363 e. The molecule has 0 radical (unpaired) electrons. The molecule has 144 valence electrons. The molecule has 3 aromatic carbocycles. The maximum atomic E-state index is 13.4. The van der Waals surface area contributed by atoms with Crippen molar-refractivity contribution in [2.24, 2.45) is 4.99 Å². The van der Waals surface area contributed by atoms with Gasteiger partial charge in [-0.15, -0.1) is 0 Å². The molecule has 4 nitrogen and oxygen atoms in total. The van der Waals surface area contributed by atoms with Gasteiger partial charge >= 0.3 is 5.97 Å². The quantitative estimate of drug-likeness (QED) is 0.460. The number of nitrogens with zero attached hydrogens (tertiary/aromatic N) is 1. The van der Waals surface area contributed by atoms with Gasteiger partial charge in [0, 0.05) is 5.56 Å². The van der Waals surface area contributed by atoms with Gasteiger partial charge in [0.1, 0.15) is 24.0 Å². The van der Waals surface area contributed by atoms with Crippen molar-refractivity contribution in [3.63, 3.8) is 0 Å². The van der Waals surface area contributed by atoms with Crippen LogP contribution in [0.15, 0.2) is 83.5 Å². The van der Waals surface area contributed by atoms with Gasteiger partial charge in [0.05, 0.1) is 0 Å². The molecule has 0 N–H and O–H groups in total. The summed E-state index contributed by atoms with van der Waals surface area (Å²) in [5.41, 5.74) is 2.02. The number of carbonyl (C=O) groups is 1. The van der Waals surface area contributed by atoms with Gasteiger partial charge < -0.3 is 9.47 Å². The van der Waals surface area contributed by atoms with Gasteiger partial charge in [0.2, 0.25) is 5.90 Å². The van der Waals surface area contributed by atoms with E-state index in [-0.39, 0.29) is 24.0 Å². The Morgan fingerprint density at radius 1 is 0.931 bits per heavy atom. The fourth-order valence-corrected chi connectivity index (χ4v) is 2.75. The van der Waals surface area contributed by atoms with Gasteiger partial charge in [-0.3, -0.25) is 0 Å². The van der Waals surface area contributed by atoms with Gasteiger partial charge in [0.25, 0.3) is 0 Å². The van der Waals surface area contributed by atoms with E-state index in [4.69, 9.17) is 9.47 Å². The van der Waals surface area contributed by atoms with E-state index in [9.17, 15) is 13.6 Å². The van der Waals surface area contributed by atoms with Gasteiger partial charge in [-0.25, -0.2) is 18.6 Å². The Morgan fingerprint density at radius 2 is 1.72 bits per heavy atom. The van der Waals surface area contributed by atoms with E-state index in [2.05, 4.69) is 4.99 Å². The van der Waals surface area contributed by atoms with Crippen LogP contribution in [-0.2, 0) is 16.1 Å². The SMILES string of the molecule is O=C1OC(c2cccc(F)c2)=N/C1=C/c1cccc(OCc2ccc(F)cc2)c1. The maximum absolute atomic E-state index is 13.4. The minimum Gasteiger partial charge on any atom is -0.489 e. The minimum absolute atomic E-state index is 0.0597. The molecule has 0 bridgehead atoms. The molecule has 0 fully saturated rings. The molecule has 3 aromatic rings. The van der Waals surface area contributed by atoms with Crippen LogP contribution in [0.25, 0.3) is 6.08 Å². The molecule has 4 rings (SSSR count). The summed E-state index contributed by atoms with van der Waals surface area (Å²) in [6.45, 7) is 0.282. The monoisotopic (exact) mass is 391 g/mol. The third-order valence-electron chi connectivity index (χ3n) is 4.17. The summed E-state index contributed by atoms with van der Waals surface area (Å²) in [7, 11) is 0. The Morgan fingerprint density at radius 3 is 2.52 bits per heavy atom. The molecule has 0 saturated heterocycles. The van der Waals surface area contributed by atoms with Crippen LogP contribution in [0.4, 0.5) is 8.78 Å². The van der Waals surface area contributed by atoms with Crippen LogP contribution in [0.1, 0.15) is 16.7 Å². The third-order valence-corrected chi connectivity index (χ3v) is 4.17. The summed E-state index contributed by atoms with van der Waals surface area (Å²) in [5, 5.41) is 0. The number of halogens is 2. The first-order chi connectivity index (χ1) is 14.1. The van der Waals surface area contributed by atoms with Gasteiger partial charge in [-0.1, -0.05) is 30.3 Å². The molecule has 6 heteroatoms. The summed E-state index contributed by atoms with van der Waals surface area (Å²) in [4.78, 5) is 16.3. The van der Waals surface area contributed by atoms with E-state index < -0.39 is 11.8 Å². The second kappa shape index (κ2) is 8.06. The van der Waals surface area contributed by atoms with E-state index in [1.165, 1.54) is 30.3 Å². The third kappa shape index (κ3) is 4.55. The predicted molar refractivity (Wildman–Crippen MR) is 104 cm³/mol. The van der Waals surface area contributed by atoms with E-state index >= 15 is 0 Å². The Hall–Kier alpha value is -3.80. The van der Waals surface area contributed by atoms with Crippen molar-refractivity contribution < 1.29 is 23.0 Å². The van der Waals surface area contributed by atoms with Crippen LogP contribution in [0.5, 0.6) is 5.75 Å². The topological polar surface area (TPSA) is 47.9 Å². The first kappa shape index (κ1) is 18.6. The molecule has 0 amide bonds. The molecule has 0 saturated carbocycles. The number of esters is 1. The van der Waals surface area contributed by atoms with E-state index in [0.29, 0.717) is 16.9 Å². The summed E-state index contributed by atoms with van der Waals surface area (Å²) in [5.74, 6) is -0.704. The van der Waals surface area contributed by atoms with Crippen molar-refractivity contribution in [2.45, 2.75) is 6.61 Å². The molecule has 0 aliphatic carbocycles. The second-order valence-electron chi connectivity index (χ2n) is 6.33. The van der Waals surface area contributed by atoms with E-state index in [1.807, 2.05) is 0 Å². The molecule has 29 heavy (non-hydrogen) atoms. The standard InChI is InChI=1S/C23H15F2NO3/c24-18-9-7-15(8-10-18)14-28-20-6-1-3-16(11-20)12-21-23(27)29-22(26-21)17-4-2-5-19(25)13-17/h1-13H,14H2/b21-12+. The predicted octanol–water partition coefficient (Wildman–Crippen LogP) is 4.89. The number of carbonyl (C=O) groups excluding carboxylic acids is 1. The second-order valence-corrected chi connectivity index (χ2v) is 6.33. The highest BCUT2D eigenvalue weighted by atomic mass is 19.1. The number of benzene rings is 3. The van der Waals surface area contributed by atoms with Crippen LogP contribution in [0.3, 0.4) is 0 Å². The molecular formula is C23H15F2NO3. The Balaban J connectivity index is 1.51. The van der Waals surface area contributed by atoms with Crippen LogP contribution in [0.2, 0.25) is 0 Å². The average molecular weight is 391 g/mol. The Labute approximate surface area is 165 Å². The summed E-state index contributed by atoms with van der Waals surface area (Å²) < 4.78 is 37.2. The van der Waals surface area contributed by atoms with Crippen LogP contribution in [0, 0.1) is 11.6 Å². The number of hydrogen-bond acceptors (Lipinski definition) is 4. The summed E-state index contributed by atoms with van der Waals surface area (Å²) in [6, 6.07) is 18.8. The zero-order valence-corrected chi connectivity index (χ0v) is 15.1. The fourth-order valence-electron chi connectivity index (χ4n) is 2.75. The average Bonchev–Trinajstić information content (AvgIpc) is 3.08. The zero-order chi connectivity index (χ0) is 20.2. The van der Waals surface area contributed by atoms with E-state index in [0.717, 1.165) is 5.56 Å². The van der Waals surface area contributed by atoms with Crippen molar-refractivity contribution in [3.8, 4) is 5.75 Å². The highest BCUT2D eigenvalue weighted by Gasteiger charge is 2.24. The van der Waals surface area contributed by atoms with Gasteiger partial charge in [-0.2, -0.15) is 0 Å². The Bertz CT molecular complexity index is 1120. The number of aliphatic imine (C=N–C) groups is 1. The Kier molecular flexibility index (Phi) is 5.16. The minimum atomic E-state index is -0.609. The lowest BCUT2D eigenvalue weighted by Crippen LogP contribution is -2.05. The number of rotatable bonds is 5.